The van der Waals surface area contributed by atoms with Gasteiger partial charge in [-0.15, -0.1) is 0 Å². The van der Waals surface area contributed by atoms with Crippen molar-refractivity contribution in [3.8, 4) is 5.75 Å². The van der Waals surface area contributed by atoms with Crippen LogP contribution in [0.5, 0.6) is 5.75 Å². The fourth-order valence-corrected chi connectivity index (χ4v) is 4.67. The molecule has 0 bridgehead atoms. The largest absolute Gasteiger partial charge is 0.483 e. The second kappa shape index (κ2) is 13.5. The molecule has 0 atom stereocenters. The van der Waals surface area contributed by atoms with Gasteiger partial charge in [0.1, 0.15) is 11.6 Å². The summed E-state index contributed by atoms with van der Waals surface area (Å²) in [5, 5.41) is 4.56. The Morgan fingerprint density at radius 2 is 1.66 bits per heavy atom. The van der Waals surface area contributed by atoms with Crippen LogP contribution < -0.4 is 15.5 Å². The predicted octanol–water partition coefficient (Wildman–Crippen LogP) is 6.04. The van der Waals surface area contributed by atoms with Gasteiger partial charge in [-0.2, -0.15) is 13.2 Å². The number of hydrazine groups is 1. The highest BCUT2D eigenvalue weighted by Gasteiger charge is 2.33. The van der Waals surface area contributed by atoms with Gasteiger partial charge >= 0.3 is 6.18 Å². The summed E-state index contributed by atoms with van der Waals surface area (Å²) in [6.45, 7) is 4.99. The van der Waals surface area contributed by atoms with E-state index in [1.165, 1.54) is 18.2 Å². The fourth-order valence-electron chi connectivity index (χ4n) is 4.27. The Bertz CT molecular complexity index is 1580. The van der Waals surface area contributed by atoms with Crippen LogP contribution >= 0.6 is 23.2 Å². The van der Waals surface area contributed by atoms with Crippen molar-refractivity contribution >= 4 is 46.5 Å². The standard InChI is InChI=1S/C30H27Cl2F4N3O5/c1-29(2,28(42)38-39-7-9-43-10-8-39)18-3-5-24(23(32)14-18)37-26(40)16-44-25-6-4-20(31)15-22(25)27(41)17-11-19(30(34,35)36)13-21(33)12-17/h3-6,11-15H,7-10,16H2,1-2H3,(H,37,40)(H,38,42). The molecular weight excluding hydrogens is 629 g/mol. The Labute approximate surface area is 260 Å². The van der Waals surface area contributed by atoms with Gasteiger partial charge in [0, 0.05) is 23.7 Å². The van der Waals surface area contributed by atoms with E-state index >= 15 is 0 Å². The molecule has 234 valence electrons. The van der Waals surface area contributed by atoms with Gasteiger partial charge < -0.3 is 14.8 Å². The average molecular weight is 656 g/mol. The summed E-state index contributed by atoms with van der Waals surface area (Å²) in [6.07, 6.45) is -4.88. The first kappa shape index (κ1) is 33.2. The van der Waals surface area contributed by atoms with Crippen LogP contribution in [0.25, 0.3) is 0 Å². The number of amides is 2. The maximum absolute atomic E-state index is 13.9. The van der Waals surface area contributed by atoms with Crippen LogP contribution in [0.2, 0.25) is 10.0 Å². The first-order valence-corrected chi connectivity index (χ1v) is 14.0. The van der Waals surface area contributed by atoms with Crippen LogP contribution in [0, 0.1) is 5.82 Å². The van der Waals surface area contributed by atoms with Crippen molar-refractivity contribution < 1.29 is 41.4 Å². The second-order valence-electron chi connectivity index (χ2n) is 10.4. The van der Waals surface area contributed by atoms with Crippen LogP contribution in [-0.2, 0) is 25.9 Å². The van der Waals surface area contributed by atoms with E-state index in [4.69, 9.17) is 32.7 Å². The summed E-state index contributed by atoms with van der Waals surface area (Å²) in [7, 11) is 0. The van der Waals surface area contributed by atoms with E-state index in [1.54, 1.807) is 31.0 Å². The topological polar surface area (TPSA) is 97.0 Å². The minimum absolute atomic E-state index is 0.0611. The third-order valence-corrected chi connectivity index (χ3v) is 7.38. The number of hydrogen-bond acceptors (Lipinski definition) is 6. The number of ether oxygens (including phenoxy) is 2. The number of nitrogens with zero attached hydrogens (tertiary/aromatic N) is 1. The molecule has 8 nitrogen and oxygen atoms in total. The van der Waals surface area contributed by atoms with Crippen LogP contribution in [0.4, 0.5) is 23.2 Å². The SMILES string of the molecule is CC(C)(C(=O)NN1CCOCC1)c1ccc(NC(=O)COc2ccc(Cl)cc2C(=O)c2cc(F)cc(C(F)(F)F)c2)c(Cl)c1. The number of hydrogen-bond donors (Lipinski definition) is 2. The molecule has 3 aromatic rings. The second-order valence-corrected chi connectivity index (χ2v) is 11.2. The molecule has 1 fully saturated rings. The minimum Gasteiger partial charge on any atom is -0.483 e. The monoisotopic (exact) mass is 655 g/mol. The quantitative estimate of drug-likeness (QED) is 0.216. The number of nitrogens with one attached hydrogen (secondary N) is 2. The van der Waals surface area contributed by atoms with Crippen molar-refractivity contribution in [2.45, 2.75) is 25.4 Å². The molecule has 0 aromatic heterocycles. The lowest BCUT2D eigenvalue weighted by Crippen LogP contribution is -2.53. The van der Waals surface area contributed by atoms with Gasteiger partial charge in [-0.05, 0) is 67.9 Å². The number of anilines is 1. The maximum Gasteiger partial charge on any atom is 0.416 e. The summed E-state index contributed by atoms with van der Waals surface area (Å²) in [4.78, 5) is 38.8. The molecule has 0 saturated carbocycles. The number of carbonyl (C=O) groups is 3. The number of morpholine rings is 1. The van der Waals surface area contributed by atoms with E-state index in [-0.39, 0.29) is 39.0 Å². The van der Waals surface area contributed by atoms with E-state index in [0.717, 1.165) is 6.07 Å². The van der Waals surface area contributed by atoms with Crippen molar-refractivity contribution in [2.75, 3.05) is 38.2 Å². The van der Waals surface area contributed by atoms with Crippen LogP contribution in [0.3, 0.4) is 0 Å². The molecule has 0 aliphatic carbocycles. The van der Waals surface area contributed by atoms with E-state index in [9.17, 15) is 31.9 Å². The molecule has 1 heterocycles. The number of halogens is 6. The van der Waals surface area contributed by atoms with Gasteiger partial charge in [-0.25, -0.2) is 9.40 Å². The molecule has 0 spiro atoms. The molecule has 4 rings (SSSR count). The molecule has 14 heteroatoms. The molecule has 1 saturated heterocycles. The van der Waals surface area contributed by atoms with Crippen molar-refractivity contribution in [1.29, 1.82) is 0 Å². The number of carbonyl (C=O) groups excluding carboxylic acids is 3. The fraction of sp³-hybridized carbons (Fsp3) is 0.300. The Kier molecular flexibility index (Phi) is 10.2. The zero-order chi connectivity index (χ0) is 32.2. The van der Waals surface area contributed by atoms with Gasteiger partial charge in [0.15, 0.2) is 12.4 Å². The Morgan fingerprint density at radius 3 is 2.32 bits per heavy atom. The number of alkyl halides is 3. The Hall–Kier alpha value is -3.71. The van der Waals surface area contributed by atoms with Crippen molar-refractivity contribution in [3.63, 3.8) is 0 Å². The van der Waals surface area contributed by atoms with E-state index in [0.29, 0.717) is 44.0 Å². The van der Waals surface area contributed by atoms with Gasteiger partial charge in [-0.1, -0.05) is 29.3 Å². The molecular formula is C30H27Cl2F4N3O5. The maximum atomic E-state index is 13.9. The van der Waals surface area contributed by atoms with Gasteiger partial charge in [0.25, 0.3) is 5.91 Å². The molecule has 0 unspecified atom stereocenters. The smallest absolute Gasteiger partial charge is 0.416 e. The highest BCUT2D eigenvalue weighted by molar-refractivity contribution is 6.34. The van der Waals surface area contributed by atoms with Crippen molar-refractivity contribution in [2.24, 2.45) is 0 Å². The van der Waals surface area contributed by atoms with Gasteiger partial charge in [0.2, 0.25) is 5.91 Å². The van der Waals surface area contributed by atoms with E-state index in [2.05, 4.69) is 10.7 Å². The number of rotatable bonds is 9. The summed E-state index contributed by atoms with van der Waals surface area (Å²) in [6, 6.07) is 9.93. The zero-order valence-electron chi connectivity index (χ0n) is 23.5. The summed E-state index contributed by atoms with van der Waals surface area (Å²) < 4.78 is 64.3. The molecule has 44 heavy (non-hydrogen) atoms. The Morgan fingerprint density at radius 1 is 0.955 bits per heavy atom. The minimum atomic E-state index is -4.88. The third-order valence-electron chi connectivity index (χ3n) is 6.84. The zero-order valence-corrected chi connectivity index (χ0v) is 25.0. The first-order chi connectivity index (χ1) is 20.6. The third kappa shape index (κ3) is 8.06. The summed E-state index contributed by atoms with van der Waals surface area (Å²) in [5.41, 5.74) is 0.537. The first-order valence-electron chi connectivity index (χ1n) is 13.2. The number of benzene rings is 3. The van der Waals surface area contributed by atoms with Gasteiger partial charge in [0.05, 0.1) is 40.5 Å². The Balaban J connectivity index is 1.44. The molecule has 1 aliphatic rings. The normalized spacial score (nSPS) is 14.2. The number of ketones is 1. The highest BCUT2D eigenvalue weighted by atomic mass is 35.5. The molecule has 3 aromatic carbocycles. The summed E-state index contributed by atoms with van der Waals surface area (Å²) in [5.74, 6) is -3.34. The molecule has 0 radical (unpaired) electrons. The lowest BCUT2D eigenvalue weighted by molar-refractivity contribution is -0.137. The summed E-state index contributed by atoms with van der Waals surface area (Å²) >= 11 is 12.4. The molecule has 2 N–H and O–H groups in total. The van der Waals surface area contributed by atoms with Crippen LogP contribution in [0.15, 0.2) is 54.6 Å². The van der Waals surface area contributed by atoms with Crippen LogP contribution in [-0.4, -0.2) is 55.5 Å². The highest BCUT2D eigenvalue weighted by Crippen LogP contribution is 2.33. The van der Waals surface area contributed by atoms with E-state index < -0.39 is 46.8 Å². The van der Waals surface area contributed by atoms with Crippen LogP contribution in [0.1, 0.15) is 40.9 Å². The lowest BCUT2D eigenvalue weighted by atomic mass is 9.84. The molecule has 1 aliphatic heterocycles. The van der Waals surface area contributed by atoms with Crippen molar-refractivity contribution in [1.82, 2.24) is 10.4 Å². The predicted molar refractivity (Wildman–Crippen MR) is 155 cm³/mol. The van der Waals surface area contributed by atoms with Crippen molar-refractivity contribution in [3.05, 3.63) is 92.7 Å². The molecule has 2 amide bonds. The van der Waals surface area contributed by atoms with Gasteiger partial charge in [-0.3, -0.25) is 19.8 Å². The average Bonchev–Trinajstić information content (AvgIpc) is 2.96. The van der Waals surface area contributed by atoms with E-state index in [1.807, 2.05) is 0 Å². The lowest BCUT2D eigenvalue weighted by Gasteiger charge is -2.32.